The van der Waals surface area contributed by atoms with E-state index in [-0.39, 0.29) is 25.2 Å². The minimum absolute atomic E-state index is 0.209. The third-order valence-corrected chi connectivity index (χ3v) is 9.93. The highest BCUT2D eigenvalue weighted by atomic mass is 32.2. The molecule has 0 amide bonds. The van der Waals surface area contributed by atoms with Crippen LogP contribution in [0.5, 0.6) is 0 Å². The van der Waals surface area contributed by atoms with Crippen LogP contribution in [0, 0.1) is 28.6 Å². The molecule has 0 unspecified atom stereocenters. The van der Waals surface area contributed by atoms with E-state index < -0.39 is 67.9 Å². The van der Waals surface area contributed by atoms with Crippen molar-refractivity contribution < 1.29 is 54.4 Å². The number of alkyl halides is 3. The summed E-state index contributed by atoms with van der Waals surface area (Å²) in [5.41, 5.74) is -8.41. The molecule has 7 atom stereocenters. The molecule has 206 valence electrons. The molecule has 0 aromatic rings. The highest BCUT2D eigenvalue weighted by Crippen LogP contribution is 2.74. The van der Waals surface area contributed by atoms with Crippen molar-refractivity contribution in [2.45, 2.75) is 63.2 Å². The van der Waals surface area contributed by atoms with Crippen molar-refractivity contribution >= 4 is 28.0 Å². The molecule has 0 aliphatic heterocycles. The molecule has 0 saturated heterocycles. The first-order valence-corrected chi connectivity index (χ1v) is 13.1. The van der Waals surface area contributed by atoms with Gasteiger partial charge in [-0.15, -0.1) is 0 Å². The number of hydrogen-bond donors (Lipinski definition) is 0. The monoisotopic (exact) mass is 550 g/mol. The number of fused-ring (bicyclic) bond motifs is 3. The number of allylic oxidation sites excluding steroid dienone is 1. The Morgan fingerprint density at radius 3 is 2.35 bits per heavy atom. The molecule has 0 heterocycles. The van der Waals surface area contributed by atoms with Crippen LogP contribution in [0.3, 0.4) is 0 Å². The van der Waals surface area contributed by atoms with Gasteiger partial charge in [0.25, 0.3) is 0 Å². The Kier molecular flexibility index (Phi) is 6.38. The standard InChI is InChI=1S/C24H29F3O9S/c1-12-10-22-11-23(12,35-13(2)28)9-8-15(22)14-6-7-16(36-37(31,32)24(25,26)27)21(3,20(30)34-5)17(14)18(22)19(29)33-4/h6,15-18H,1,7-11H2,2-5H3/t15-,16+,17+,18+,21+,22-,23-/m0/s1. The summed E-state index contributed by atoms with van der Waals surface area (Å²) in [6.45, 7) is 6.66. The second-order valence-electron chi connectivity index (χ2n) is 10.5. The molecule has 3 fully saturated rings. The summed E-state index contributed by atoms with van der Waals surface area (Å²) in [5.74, 6) is -4.75. The highest BCUT2D eigenvalue weighted by molar-refractivity contribution is 7.87. The van der Waals surface area contributed by atoms with E-state index in [0.29, 0.717) is 24.0 Å². The van der Waals surface area contributed by atoms with E-state index in [4.69, 9.17) is 14.2 Å². The van der Waals surface area contributed by atoms with Gasteiger partial charge in [0.15, 0.2) is 0 Å². The maximum atomic E-state index is 13.4. The fraction of sp³-hybridized carbons (Fsp3) is 0.708. The number of ether oxygens (including phenoxy) is 3. The minimum Gasteiger partial charge on any atom is -0.469 e. The van der Waals surface area contributed by atoms with Gasteiger partial charge in [-0.05, 0) is 55.9 Å². The molecule has 0 N–H and O–H groups in total. The van der Waals surface area contributed by atoms with Crippen LogP contribution in [-0.4, -0.2) is 57.8 Å². The van der Waals surface area contributed by atoms with Crippen molar-refractivity contribution in [1.29, 1.82) is 0 Å². The zero-order valence-corrected chi connectivity index (χ0v) is 21.7. The van der Waals surface area contributed by atoms with Gasteiger partial charge in [-0.25, -0.2) is 0 Å². The second kappa shape index (κ2) is 8.55. The van der Waals surface area contributed by atoms with Gasteiger partial charge in [0, 0.05) is 12.8 Å². The van der Waals surface area contributed by atoms with Gasteiger partial charge in [-0.2, -0.15) is 21.6 Å². The SMILES string of the molecule is C=C1C[C@]23C[C@@]1(OC(C)=O)CC[C@H]2C1=CC[C@@H](OS(=O)(=O)C(F)(F)F)[C@@](C)(C(=O)OC)[C@H]1[C@@H]3C(=O)OC. The molecular formula is C24H29F3O9S. The average Bonchev–Trinajstić information content (AvgIpc) is 3.19. The summed E-state index contributed by atoms with van der Waals surface area (Å²) in [7, 11) is -3.90. The summed E-state index contributed by atoms with van der Waals surface area (Å²) in [6.07, 6.45) is 0.762. The van der Waals surface area contributed by atoms with Gasteiger partial charge in [-0.3, -0.25) is 18.6 Å². The quantitative estimate of drug-likeness (QED) is 0.167. The Morgan fingerprint density at radius 1 is 1.16 bits per heavy atom. The van der Waals surface area contributed by atoms with Gasteiger partial charge < -0.3 is 14.2 Å². The molecule has 3 saturated carbocycles. The number of carbonyl (C=O) groups excluding carboxylic acids is 3. The Morgan fingerprint density at radius 2 is 1.81 bits per heavy atom. The lowest BCUT2D eigenvalue weighted by Gasteiger charge is -2.45. The third kappa shape index (κ3) is 3.75. The van der Waals surface area contributed by atoms with Crippen LogP contribution in [-0.2, 0) is 42.9 Å². The molecule has 1 spiro atoms. The average molecular weight is 551 g/mol. The smallest absolute Gasteiger partial charge is 0.469 e. The van der Waals surface area contributed by atoms with Crippen molar-refractivity contribution in [3.8, 4) is 0 Å². The molecule has 4 rings (SSSR count). The lowest BCUT2D eigenvalue weighted by molar-refractivity contribution is -0.171. The lowest BCUT2D eigenvalue weighted by atomic mass is 9.60. The lowest BCUT2D eigenvalue weighted by Crippen LogP contribution is -2.54. The molecule has 4 aliphatic carbocycles. The number of hydrogen-bond acceptors (Lipinski definition) is 9. The van der Waals surface area contributed by atoms with Crippen LogP contribution >= 0.6 is 0 Å². The van der Waals surface area contributed by atoms with Crippen LogP contribution < -0.4 is 0 Å². The number of rotatable bonds is 5. The number of carbonyl (C=O) groups is 3. The molecule has 13 heteroatoms. The van der Waals surface area contributed by atoms with Gasteiger partial charge in [0.1, 0.15) is 11.0 Å². The molecule has 9 nitrogen and oxygen atoms in total. The van der Waals surface area contributed by atoms with Crippen LogP contribution in [0.15, 0.2) is 23.8 Å². The summed E-state index contributed by atoms with van der Waals surface area (Å²) in [5, 5.41) is 0. The van der Waals surface area contributed by atoms with Gasteiger partial charge in [0.05, 0.1) is 26.2 Å². The predicted molar refractivity (Wildman–Crippen MR) is 120 cm³/mol. The summed E-state index contributed by atoms with van der Waals surface area (Å²) in [6, 6.07) is 0. The van der Waals surface area contributed by atoms with Crippen molar-refractivity contribution in [1.82, 2.24) is 0 Å². The highest BCUT2D eigenvalue weighted by Gasteiger charge is 2.75. The van der Waals surface area contributed by atoms with Crippen LogP contribution in [0.1, 0.15) is 46.0 Å². The maximum Gasteiger partial charge on any atom is 0.523 e. The zero-order valence-electron chi connectivity index (χ0n) is 20.8. The molecular weight excluding hydrogens is 521 g/mol. The topological polar surface area (TPSA) is 122 Å². The first kappa shape index (κ1) is 27.6. The zero-order chi connectivity index (χ0) is 27.8. The summed E-state index contributed by atoms with van der Waals surface area (Å²) >= 11 is 0. The van der Waals surface area contributed by atoms with Crippen molar-refractivity contribution in [3.05, 3.63) is 23.8 Å². The fourth-order valence-electron chi connectivity index (χ4n) is 7.54. The van der Waals surface area contributed by atoms with Crippen molar-refractivity contribution in [2.75, 3.05) is 14.2 Å². The van der Waals surface area contributed by atoms with Crippen LogP contribution in [0.2, 0.25) is 0 Å². The largest absolute Gasteiger partial charge is 0.523 e. The van der Waals surface area contributed by atoms with Crippen molar-refractivity contribution in [3.63, 3.8) is 0 Å². The Balaban J connectivity index is 1.89. The van der Waals surface area contributed by atoms with E-state index in [2.05, 4.69) is 10.8 Å². The molecule has 37 heavy (non-hydrogen) atoms. The van der Waals surface area contributed by atoms with Gasteiger partial charge in [-0.1, -0.05) is 18.2 Å². The fourth-order valence-corrected chi connectivity index (χ4v) is 8.23. The first-order chi connectivity index (χ1) is 17.0. The van der Waals surface area contributed by atoms with Crippen LogP contribution in [0.4, 0.5) is 13.2 Å². The van der Waals surface area contributed by atoms with E-state index >= 15 is 0 Å². The van der Waals surface area contributed by atoms with Crippen LogP contribution in [0.25, 0.3) is 0 Å². The minimum atomic E-state index is -6.08. The predicted octanol–water partition coefficient (Wildman–Crippen LogP) is 3.20. The molecule has 2 bridgehead atoms. The Hall–Kier alpha value is -2.41. The van der Waals surface area contributed by atoms with Crippen molar-refractivity contribution in [2.24, 2.45) is 28.6 Å². The second-order valence-corrected chi connectivity index (χ2v) is 12.1. The van der Waals surface area contributed by atoms with E-state index in [1.54, 1.807) is 6.08 Å². The third-order valence-electron chi connectivity index (χ3n) is 8.87. The first-order valence-electron chi connectivity index (χ1n) is 11.7. The molecule has 0 aromatic heterocycles. The Bertz CT molecular complexity index is 1190. The normalized spacial score (nSPS) is 38.8. The molecule has 0 aromatic carbocycles. The molecule has 0 radical (unpaired) electrons. The van der Waals surface area contributed by atoms with Gasteiger partial charge >= 0.3 is 33.5 Å². The van der Waals surface area contributed by atoms with Gasteiger partial charge in [0.2, 0.25) is 0 Å². The van der Waals surface area contributed by atoms with E-state index in [1.165, 1.54) is 13.8 Å². The number of methoxy groups -OCH3 is 2. The summed E-state index contributed by atoms with van der Waals surface area (Å²) < 4.78 is 84.1. The van der Waals surface area contributed by atoms with E-state index in [0.717, 1.165) is 14.2 Å². The van der Waals surface area contributed by atoms with E-state index in [1.807, 2.05) is 0 Å². The number of esters is 3. The van der Waals surface area contributed by atoms with E-state index in [9.17, 15) is 36.0 Å². The number of halogens is 3. The molecule has 4 aliphatic rings. The maximum absolute atomic E-state index is 13.4. The Labute approximate surface area is 212 Å². The summed E-state index contributed by atoms with van der Waals surface area (Å²) in [4.78, 5) is 38.6.